The number of aromatic nitrogens is 1. The van der Waals surface area contributed by atoms with Crippen LogP contribution in [-0.2, 0) is 0 Å². The zero-order valence-corrected chi connectivity index (χ0v) is 14.4. The van der Waals surface area contributed by atoms with Gasteiger partial charge >= 0.3 is 0 Å². The number of nitrogens with two attached hydrogens (primary N) is 1. The SMILES string of the molecule is Cc1c(-c2ccc(N)c(F)c2)c(F)cn2c(=O)c(C(=O)[O-])cc(C3CC3)c12. The monoisotopic (exact) mass is 369 g/mol. The van der Waals surface area contributed by atoms with Crippen molar-refractivity contribution in [2.24, 2.45) is 0 Å². The average Bonchev–Trinajstić information content (AvgIpc) is 3.43. The molecule has 0 unspecified atom stereocenters. The highest BCUT2D eigenvalue weighted by Crippen LogP contribution is 2.44. The van der Waals surface area contributed by atoms with E-state index in [0.717, 1.165) is 29.5 Å². The molecule has 27 heavy (non-hydrogen) atoms. The molecular weight excluding hydrogens is 354 g/mol. The number of anilines is 1. The number of aryl methyl sites for hydroxylation is 1. The van der Waals surface area contributed by atoms with E-state index in [0.29, 0.717) is 16.6 Å². The topological polar surface area (TPSA) is 87.6 Å². The number of carboxylic acid groups (broad SMARTS) is 1. The van der Waals surface area contributed by atoms with E-state index >= 15 is 0 Å². The van der Waals surface area contributed by atoms with Gasteiger partial charge in [-0.05, 0) is 60.6 Å². The number of aromatic carboxylic acids is 1. The van der Waals surface area contributed by atoms with E-state index in [1.165, 1.54) is 18.2 Å². The molecule has 5 nitrogen and oxygen atoms in total. The average molecular weight is 369 g/mol. The number of nitrogen functional groups attached to an aromatic ring is 1. The van der Waals surface area contributed by atoms with Crippen LogP contribution >= 0.6 is 0 Å². The molecule has 1 aliphatic rings. The minimum Gasteiger partial charge on any atom is -0.545 e. The molecule has 0 spiro atoms. The summed E-state index contributed by atoms with van der Waals surface area (Å²) in [5.74, 6) is -2.93. The van der Waals surface area contributed by atoms with Gasteiger partial charge in [0.25, 0.3) is 5.56 Å². The number of carbonyl (C=O) groups excluding carboxylic acids is 1. The van der Waals surface area contributed by atoms with Crippen molar-refractivity contribution in [3.63, 3.8) is 0 Å². The summed E-state index contributed by atoms with van der Waals surface area (Å²) in [5.41, 5.74) is 6.06. The molecule has 2 heterocycles. The van der Waals surface area contributed by atoms with Crippen LogP contribution in [0.5, 0.6) is 0 Å². The predicted molar refractivity (Wildman–Crippen MR) is 94.5 cm³/mol. The highest BCUT2D eigenvalue weighted by Gasteiger charge is 2.29. The van der Waals surface area contributed by atoms with E-state index in [1.54, 1.807) is 6.92 Å². The molecule has 4 rings (SSSR count). The fraction of sp³-hybridized carbons (Fsp3) is 0.200. The van der Waals surface area contributed by atoms with Crippen molar-refractivity contribution in [3.8, 4) is 11.1 Å². The lowest BCUT2D eigenvalue weighted by Gasteiger charge is -2.17. The number of carbonyl (C=O) groups is 1. The van der Waals surface area contributed by atoms with E-state index in [-0.39, 0.29) is 22.7 Å². The second kappa shape index (κ2) is 5.90. The van der Waals surface area contributed by atoms with Crippen molar-refractivity contribution in [2.75, 3.05) is 5.73 Å². The Bertz CT molecular complexity index is 1180. The largest absolute Gasteiger partial charge is 0.545 e. The maximum absolute atomic E-state index is 14.9. The second-order valence-electron chi connectivity index (χ2n) is 6.81. The molecule has 2 N–H and O–H groups in total. The van der Waals surface area contributed by atoms with Crippen LogP contribution in [0.4, 0.5) is 14.5 Å². The van der Waals surface area contributed by atoms with Crippen molar-refractivity contribution < 1.29 is 18.7 Å². The van der Waals surface area contributed by atoms with Gasteiger partial charge in [0.1, 0.15) is 11.6 Å². The minimum atomic E-state index is -1.60. The molecule has 0 atom stereocenters. The maximum Gasteiger partial charge on any atom is 0.264 e. The first kappa shape index (κ1) is 17.2. The Morgan fingerprint density at radius 2 is 1.93 bits per heavy atom. The third-order valence-electron chi connectivity index (χ3n) is 5.00. The lowest BCUT2D eigenvalue weighted by molar-refractivity contribution is -0.255. The molecule has 7 heteroatoms. The maximum atomic E-state index is 14.9. The Hall–Kier alpha value is -3.22. The molecule has 0 amide bonds. The summed E-state index contributed by atoms with van der Waals surface area (Å²) < 4.78 is 29.8. The fourth-order valence-corrected chi connectivity index (χ4v) is 3.54. The first-order valence-corrected chi connectivity index (χ1v) is 8.44. The van der Waals surface area contributed by atoms with Crippen LogP contribution in [0.15, 0.2) is 35.3 Å². The highest BCUT2D eigenvalue weighted by molar-refractivity contribution is 5.88. The van der Waals surface area contributed by atoms with Gasteiger partial charge in [-0.15, -0.1) is 0 Å². The van der Waals surface area contributed by atoms with Gasteiger partial charge in [0.15, 0.2) is 0 Å². The summed E-state index contributed by atoms with van der Waals surface area (Å²) in [5, 5.41) is 11.3. The van der Waals surface area contributed by atoms with E-state index < -0.39 is 28.7 Å². The third kappa shape index (κ3) is 2.66. The summed E-state index contributed by atoms with van der Waals surface area (Å²) in [4.78, 5) is 23.8. The van der Waals surface area contributed by atoms with Gasteiger partial charge in [0.2, 0.25) is 0 Å². The van der Waals surface area contributed by atoms with Gasteiger partial charge in [-0.25, -0.2) is 8.78 Å². The number of hydrogen-bond acceptors (Lipinski definition) is 4. The van der Waals surface area contributed by atoms with Crippen molar-refractivity contribution in [1.29, 1.82) is 0 Å². The molecule has 0 bridgehead atoms. The van der Waals surface area contributed by atoms with E-state index in [9.17, 15) is 23.5 Å². The molecule has 2 aromatic heterocycles. The second-order valence-corrected chi connectivity index (χ2v) is 6.81. The predicted octanol–water partition coefficient (Wildman–Crippen LogP) is 2.38. The number of halogens is 2. The van der Waals surface area contributed by atoms with E-state index in [2.05, 4.69) is 0 Å². The van der Waals surface area contributed by atoms with Crippen LogP contribution in [0.1, 0.15) is 40.2 Å². The zero-order valence-electron chi connectivity index (χ0n) is 14.4. The Labute approximate surface area is 152 Å². The van der Waals surface area contributed by atoms with Crippen LogP contribution < -0.4 is 16.4 Å². The van der Waals surface area contributed by atoms with Crippen LogP contribution in [0.3, 0.4) is 0 Å². The van der Waals surface area contributed by atoms with Crippen molar-refractivity contribution >= 4 is 17.2 Å². The Kier molecular flexibility index (Phi) is 3.76. The van der Waals surface area contributed by atoms with Crippen LogP contribution in [0.2, 0.25) is 0 Å². The van der Waals surface area contributed by atoms with Crippen LogP contribution in [0, 0.1) is 18.6 Å². The first-order chi connectivity index (χ1) is 12.8. The van der Waals surface area contributed by atoms with Crippen molar-refractivity contribution in [3.05, 3.63) is 69.1 Å². The third-order valence-corrected chi connectivity index (χ3v) is 5.00. The molecule has 1 saturated carbocycles. The number of hydrogen-bond donors (Lipinski definition) is 1. The van der Waals surface area contributed by atoms with Crippen LogP contribution in [-0.4, -0.2) is 10.4 Å². The molecule has 0 aliphatic heterocycles. The number of nitrogens with zero attached hydrogens (tertiary/aromatic N) is 1. The molecule has 1 aliphatic carbocycles. The smallest absolute Gasteiger partial charge is 0.264 e. The van der Waals surface area contributed by atoms with Gasteiger partial charge in [0.05, 0.1) is 22.7 Å². The molecule has 0 radical (unpaired) electrons. The van der Waals surface area contributed by atoms with Gasteiger partial charge in [0, 0.05) is 11.8 Å². The summed E-state index contributed by atoms with van der Waals surface area (Å²) in [6.45, 7) is 1.63. The standard InChI is InChI=1S/C20H16F2N2O3/c1-9-17(11-4-5-16(23)14(21)6-11)15(22)8-24-18(9)12(10-2-3-10)7-13(19(24)25)20(26)27/h4-8,10H,2-3,23H2,1H3,(H,26,27)/p-1. The number of benzene rings is 1. The quantitative estimate of drug-likeness (QED) is 0.718. The summed E-state index contributed by atoms with van der Waals surface area (Å²) >= 11 is 0. The van der Waals surface area contributed by atoms with Gasteiger partial charge < -0.3 is 15.6 Å². The molecule has 0 saturated heterocycles. The highest BCUT2D eigenvalue weighted by atomic mass is 19.1. The van der Waals surface area contributed by atoms with E-state index in [4.69, 9.17) is 5.73 Å². The lowest BCUT2D eigenvalue weighted by atomic mass is 9.96. The molecule has 1 fully saturated rings. The molecule has 3 aromatic rings. The normalized spacial score (nSPS) is 13.9. The zero-order chi connectivity index (χ0) is 19.5. The number of rotatable bonds is 3. The molecule has 1 aromatic carbocycles. The number of fused-ring (bicyclic) bond motifs is 1. The van der Waals surface area contributed by atoms with Gasteiger partial charge in [-0.1, -0.05) is 6.07 Å². The van der Waals surface area contributed by atoms with Crippen LogP contribution in [0.25, 0.3) is 16.6 Å². The lowest BCUT2D eigenvalue weighted by Crippen LogP contribution is -2.32. The van der Waals surface area contributed by atoms with Gasteiger partial charge in [-0.3, -0.25) is 9.20 Å². The minimum absolute atomic E-state index is 0.0499. The fourth-order valence-electron chi connectivity index (χ4n) is 3.54. The summed E-state index contributed by atoms with van der Waals surface area (Å²) in [6, 6.07) is 5.32. The summed E-state index contributed by atoms with van der Waals surface area (Å²) in [7, 11) is 0. The van der Waals surface area contributed by atoms with Crippen molar-refractivity contribution in [2.45, 2.75) is 25.7 Å². The Morgan fingerprint density at radius 3 is 2.52 bits per heavy atom. The van der Waals surface area contributed by atoms with E-state index in [1.807, 2.05) is 0 Å². The van der Waals surface area contributed by atoms with Crippen molar-refractivity contribution in [1.82, 2.24) is 4.40 Å². The summed E-state index contributed by atoms with van der Waals surface area (Å²) in [6.07, 6.45) is 2.65. The molecular formula is C20H15F2N2O3-. The number of pyridine rings is 2. The Morgan fingerprint density at radius 1 is 1.22 bits per heavy atom. The first-order valence-electron chi connectivity index (χ1n) is 8.44. The van der Waals surface area contributed by atoms with Gasteiger partial charge in [-0.2, -0.15) is 0 Å². The molecule has 138 valence electrons. The Balaban J connectivity index is 2.11. The number of carboxylic acids is 1.